The maximum Gasteiger partial charge on any atom is 0.408 e. The van der Waals surface area contributed by atoms with E-state index in [9.17, 15) is 9.59 Å². The number of aliphatic hydroxyl groups excluding tert-OH is 1. The Kier molecular flexibility index (Phi) is 8.57. The van der Waals surface area contributed by atoms with Gasteiger partial charge >= 0.3 is 6.09 Å². The lowest BCUT2D eigenvalue weighted by atomic mass is 10.0. The number of nitrogens with one attached hydrogen (secondary N) is 2. The zero-order chi connectivity index (χ0) is 23.8. The summed E-state index contributed by atoms with van der Waals surface area (Å²) >= 11 is 1.41. The first-order valence-electron chi connectivity index (χ1n) is 10.8. The molecule has 0 aliphatic carbocycles. The molecule has 1 aromatic heterocycles. The van der Waals surface area contributed by atoms with Gasteiger partial charge in [0.05, 0.1) is 24.3 Å². The van der Waals surface area contributed by atoms with Crippen LogP contribution in [0.15, 0.2) is 60.0 Å². The normalized spacial score (nSPS) is 12.8. The van der Waals surface area contributed by atoms with Gasteiger partial charge < -0.3 is 20.5 Å². The number of ether oxygens (including phenoxy) is 1. The average Bonchev–Trinajstić information content (AvgIpc) is 3.31. The number of rotatable bonds is 9. The van der Waals surface area contributed by atoms with Crippen molar-refractivity contribution in [1.29, 1.82) is 0 Å². The van der Waals surface area contributed by atoms with Crippen molar-refractivity contribution in [2.45, 2.75) is 45.9 Å². The Hall–Kier alpha value is -3.23. The summed E-state index contributed by atoms with van der Waals surface area (Å²) in [4.78, 5) is 29.7. The number of benzene rings is 2. The van der Waals surface area contributed by atoms with Crippen LogP contribution in [-0.4, -0.2) is 22.1 Å². The second kappa shape index (κ2) is 11.6. The second-order valence-corrected chi connectivity index (χ2v) is 8.99. The molecule has 0 saturated carbocycles. The molecule has 0 unspecified atom stereocenters. The lowest BCUT2D eigenvalue weighted by Crippen LogP contribution is -2.32. The van der Waals surface area contributed by atoms with Crippen LogP contribution in [0, 0.1) is 5.92 Å². The summed E-state index contributed by atoms with van der Waals surface area (Å²) < 4.78 is 5.35. The molecule has 8 heteroatoms. The van der Waals surface area contributed by atoms with Crippen LogP contribution in [0.25, 0.3) is 0 Å². The Morgan fingerprint density at radius 2 is 1.73 bits per heavy atom. The van der Waals surface area contributed by atoms with Crippen LogP contribution in [0.2, 0.25) is 0 Å². The van der Waals surface area contributed by atoms with E-state index in [1.54, 1.807) is 31.2 Å². The third-order valence-corrected chi connectivity index (χ3v) is 6.15. The minimum absolute atomic E-state index is 0.0446. The molecule has 2 aromatic carbocycles. The Morgan fingerprint density at radius 3 is 2.36 bits per heavy atom. The van der Waals surface area contributed by atoms with E-state index in [1.807, 2.05) is 49.6 Å². The zero-order valence-electron chi connectivity index (χ0n) is 18.9. The van der Waals surface area contributed by atoms with Crippen LogP contribution < -0.4 is 10.6 Å². The van der Waals surface area contributed by atoms with Crippen LogP contribution in [0.1, 0.15) is 54.6 Å². The fourth-order valence-electron chi connectivity index (χ4n) is 3.13. The van der Waals surface area contributed by atoms with Crippen LogP contribution in [0.4, 0.5) is 10.5 Å². The maximum atomic E-state index is 12.7. The molecule has 3 aromatic rings. The Morgan fingerprint density at radius 1 is 1.03 bits per heavy atom. The fraction of sp³-hybridized carbons (Fsp3) is 0.320. The maximum absolute atomic E-state index is 12.7. The average molecular weight is 468 g/mol. The van der Waals surface area contributed by atoms with Gasteiger partial charge in [-0.15, -0.1) is 11.3 Å². The van der Waals surface area contributed by atoms with Crippen LogP contribution in [0.5, 0.6) is 0 Å². The molecule has 2 amide bonds. The van der Waals surface area contributed by atoms with Crippen molar-refractivity contribution in [2.24, 2.45) is 5.92 Å². The number of hydrogen-bond donors (Lipinski definition) is 3. The van der Waals surface area contributed by atoms with Crippen molar-refractivity contribution in [3.8, 4) is 0 Å². The highest BCUT2D eigenvalue weighted by atomic mass is 32.1. The molecule has 33 heavy (non-hydrogen) atoms. The summed E-state index contributed by atoms with van der Waals surface area (Å²) in [6.45, 7) is 5.93. The highest BCUT2D eigenvalue weighted by molar-refractivity contribution is 7.09. The predicted octanol–water partition coefficient (Wildman–Crippen LogP) is 5.00. The number of aromatic nitrogens is 1. The summed E-state index contributed by atoms with van der Waals surface area (Å²) in [6, 6.07) is 16.2. The number of anilines is 1. The number of aliphatic hydroxyl groups is 1. The van der Waals surface area contributed by atoms with Crippen molar-refractivity contribution in [3.05, 3.63) is 81.8 Å². The molecule has 0 spiro atoms. The first-order chi connectivity index (χ1) is 15.9. The minimum Gasteiger partial charge on any atom is -0.445 e. The van der Waals surface area contributed by atoms with Gasteiger partial charge in [-0.05, 0) is 36.1 Å². The molecule has 0 aliphatic rings. The topological polar surface area (TPSA) is 101 Å². The zero-order valence-corrected chi connectivity index (χ0v) is 19.8. The van der Waals surface area contributed by atoms with Gasteiger partial charge in [0.1, 0.15) is 11.6 Å². The van der Waals surface area contributed by atoms with Crippen LogP contribution in [0.3, 0.4) is 0 Å². The van der Waals surface area contributed by atoms with E-state index >= 15 is 0 Å². The first kappa shape index (κ1) is 24.4. The summed E-state index contributed by atoms with van der Waals surface area (Å²) in [6.07, 6.45) is -0.508. The Labute approximate surface area is 197 Å². The van der Waals surface area contributed by atoms with E-state index in [1.165, 1.54) is 11.3 Å². The van der Waals surface area contributed by atoms with E-state index in [0.29, 0.717) is 11.4 Å². The molecule has 1 heterocycles. The minimum atomic E-state index is -0.508. The lowest BCUT2D eigenvalue weighted by Gasteiger charge is -2.20. The predicted molar refractivity (Wildman–Crippen MR) is 129 cm³/mol. The van der Waals surface area contributed by atoms with E-state index in [-0.39, 0.29) is 31.1 Å². The standard InChI is InChI=1S/C25H29N3O4S/c1-16(2)22(28-25(31)32-14-19-7-5-4-6-8-19)24-27-21(15-33-24)17(3)23(30)26-20-11-9-18(13-29)10-12-20/h4-12,15-17,22,29H,13-14H2,1-3H3,(H,26,30)(H,28,31)/t17-,22-/m0/s1. The summed E-state index contributed by atoms with van der Waals surface area (Å²) in [5.41, 5.74) is 2.99. The number of amides is 2. The molecule has 7 nitrogen and oxygen atoms in total. The molecular weight excluding hydrogens is 438 g/mol. The highest BCUT2D eigenvalue weighted by Gasteiger charge is 2.25. The fourth-order valence-corrected chi connectivity index (χ4v) is 4.26. The summed E-state index contributed by atoms with van der Waals surface area (Å²) in [5.74, 6) is -0.562. The molecule has 0 bridgehead atoms. The molecule has 2 atom stereocenters. The van der Waals surface area contributed by atoms with E-state index in [2.05, 4.69) is 15.6 Å². The molecule has 3 N–H and O–H groups in total. The van der Waals surface area contributed by atoms with Crippen molar-refractivity contribution >= 4 is 29.0 Å². The number of carbonyl (C=O) groups is 2. The van der Waals surface area contributed by atoms with Gasteiger partial charge in [-0.3, -0.25) is 4.79 Å². The number of hydrogen-bond acceptors (Lipinski definition) is 6. The molecule has 0 fully saturated rings. The van der Waals surface area contributed by atoms with Crippen LogP contribution >= 0.6 is 11.3 Å². The van der Waals surface area contributed by atoms with Crippen molar-refractivity contribution in [2.75, 3.05) is 5.32 Å². The number of carbonyl (C=O) groups excluding carboxylic acids is 2. The van der Waals surface area contributed by atoms with Gasteiger partial charge in [0, 0.05) is 11.1 Å². The van der Waals surface area contributed by atoms with Crippen LogP contribution in [-0.2, 0) is 22.7 Å². The largest absolute Gasteiger partial charge is 0.445 e. The second-order valence-electron chi connectivity index (χ2n) is 8.10. The third kappa shape index (κ3) is 6.87. The molecule has 174 valence electrons. The van der Waals surface area contributed by atoms with Crippen molar-refractivity contribution in [1.82, 2.24) is 10.3 Å². The van der Waals surface area contributed by atoms with Gasteiger partial charge in [-0.25, -0.2) is 9.78 Å². The molecule has 0 aliphatic heterocycles. The van der Waals surface area contributed by atoms with E-state index in [0.717, 1.165) is 16.1 Å². The van der Waals surface area contributed by atoms with Gasteiger partial charge in [0.25, 0.3) is 0 Å². The molecule has 0 saturated heterocycles. The Balaban J connectivity index is 1.61. The van der Waals surface area contributed by atoms with Gasteiger partial charge in [-0.1, -0.05) is 56.3 Å². The third-order valence-electron chi connectivity index (χ3n) is 5.20. The first-order valence-corrected chi connectivity index (χ1v) is 11.7. The van der Waals surface area contributed by atoms with Gasteiger partial charge in [0.15, 0.2) is 0 Å². The number of thiazole rings is 1. The summed E-state index contributed by atoms with van der Waals surface area (Å²) in [7, 11) is 0. The number of nitrogens with zero attached hydrogens (tertiary/aromatic N) is 1. The van der Waals surface area contributed by atoms with Gasteiger partial charge in [0.2, 0.25) is 5.91 Å². The summed E-state index contributed by atoms with van der Waals surface area (Å²) in [5, 5.41) is 17.5. The van der Waals surface area contributed by atoms with Crippen molar-refractivity contribution in [3.63, 3.8) is 0 Å². The SMILES string of the molecule is CC(C)[C@H](NC(=O)OCc1ccccc1)c1nc([C@H](C)C(=O)Nc2ccc(CO)cc2)cs1. The van der Waals surface area contributed by atoms with Gasteiger partial charge in [-0.2, -0.15) is 0 Å². The lowest BCUT2D eigenvalue weighted by molar-refractivity contribution is -0.117. The Bertz CT molecular complexity index is 1050. The molecule has 3 rings (SSSR count). The van der Waals surface area contributed by atoms with E-state index < -0.39 is 12.0 Å². The number of alkyl carbamates (subject to hydrolysis) is 1. The molecular formula is C25H29N3O4S. The van der Waals surface area contributed by atoms with Crippen molar-refractivity contribution < 1.29 is 19.4 Å². The smallest absolute Gasteiger partial charge is 0.408 e. The quantitative estimate of drug-likeness (QED) is 0.411. The monoisotopic (exact) mass is 467 g/mol. The molecule has 0 radical (unpaired) electrons. The highest BCUT2D eigenvalue weighted by Crippen LogP contribution is 2.28. The van der Waals surface area contributed by atoms with E-state index in [4.69, 9.17) is 9.84 Å².